The molecule has 0 spiro atoms. The van der Waals surface area contributed by atoms with Crippen LogP contribution in [0.4, 0.5) is 13.6 Å². The predicted octanol–water partition coefficient (Wildman–Crippen LogP) is 3.68. The topological polar surface area (TPSA) is 55.3 Å². The third-order valence-corrected chi connectivity index (χ3v) is 4.99. The number of ether oxygens (including phenoxy) is 1. The van der Waals surface area contributed by atoms with Crippen molar-refractivity contribution in [3.8, 4) is 11.3 Å². The second-order valence-electron chi connectivity index (χ2n) is 6.93. The summed E-state index contributed by atoms with van der Waals surface area (Å²) in [6.07, 6.45) is 2.20. The molecule has 4 rings (SSSR count). The Bertz CT molecular complexity index is 838. The van der Waals surface area contributed by atoms with E-state index in [1.54, 1.807) is 11.0 Å². The van der Waals surface area contributed by atoms with E-state index in [2.05, 4.69) is 10.2 Å². The molecule has 1 aromatic carbocycles. The molecule has 1 aliphatic heterocycles. The lowest BCUT2D eigenvalue weighted by Crippen LogP contribution is -2.32. The monoisotopic (exact) mass is 359 g/mol. The van der Waals surface area contributed by atoms with Gasteiger partial charge in [0.2, 0.25) is 0 Å². The molecule has 7 heteroatoms. The molecule has 5 nitrogen and oxygen atoms in total. The summed E-state index contributed by atoms with van der Waals surface area (Å²) in [5.74, 6) is -1.25. The van der Waals surface area contributed by atoms with Crippen molar-refractivity contribution in [1.29, 1.82) is 0 Å². The van der Waals surface area contributed by atoms with E-state index in [1.165, 1.54) is 18.2 Å². The number of cyclic esters (lactones) is 1. The van der Waals surface area contributed by atoms with Crippen LogP contribution in [0, 0.1) is 11.6 Å². The first-order valence-electron chi connectivity index (χ1n) is 8.79. The number of amides is 1. The van der Waals surface area contributed by atoms with Crippen LogP contribution in [-0.2, 0) is 11.2 Å². The molecular formula is C19H19F2N3O2. The number of carbonyl (C=O) groups is 1. The van der Waals surface area contributed by atoms with Gasteiger partial charge in [-0.15, -0.1) is 0 Å². The van der Waals surface area contributed by atoms with Gasteiger partial charge in [0.1, 0.15) is 17.7 Å². The van der Waals surface area contributed by atoms with E-state index < -0.39 is 11.6 Å². The minimum Gasteiger partial charge on any atom is -0.445 e. The summed E-state index contributed by atoms with van der Waals surface area (Å²) in [4.78, 5) is 13.6. The van der Waals surface area contributed by atoms with Gasteiger partial charge in [-0.3, -0.25) is 0 Å². The van der Waals surface area contributed by atoms with Crippen molar-refractivity contribution in [2.75, 3.05) is 13.1 Å². The van der Waals surface area contributed by atoms with Crippen molar-refractivity contribution in [2.45, 2.75) is 38.2 Å². The Morgan fingerprint density at radius 3 is 2.73 bits per heavy atom. The summed E-state index contributed by atoms with van der Waals surface area (Å²) in [6.45, 7) is 2.95. The zero-order valence-corrected chi connectivity index (χ0v) is 14.4. The van der Waals surface area contributed by atoms with Gasteiger partial charge in [-0.05, 0) is 49.9 Å². The lowest BCUT2D eigenvalue weighted by atomic mass is 9.86. The smallest absolute Gasteiger partial charge is 0.410 e. The first-order valence-corrected chi connectivity index (χ1v) is 8.79. The summed E-state index contributed by atoms with van der Waals surface area (Å²) >= 11 is 0. The van der Waals surface area contributed by atoms with E-state index in [0.717, 1.165) is 30.5 Å². The van der Waals surface area contributed by atoms with Crippen LogP contribution >= 0.6 is 0 Å². The number of halogens is 2. The zero-order chi connectivity index (χ0) is 18.3. The van der Waals surface area contributed by atoms with Crippen LogP contribution in [0.1, 0.15) is 36.9 Å². The highest BCUT2D eigenvalue weighted by molar-refractivity contribution is 5.70. The van der Waals surface area contributed by atoms with Crippen LogP contribution in [0.3, 0.4) is 0 Å². The molecule has 2 heterocycles. The van der Waals surface area contributed by atoms with Gasteiger partial charge in [-0.1, -0.05) is 6.07 Å². The van der Waals surface area contributed by atoms with Crippen molar-refractivity contribution >= 4 is 6.09 Å². The van der Waals surface area contributed by atoms with Crippen LogP contribution in [0.25, 0.3) is 11.3 Å². The Labute approximate surface area is 150 Å². The van der Waals surface area contributed by atoms with Crippen LogP contribution in [0.2, 0.25) is 0 Å². The molecule has 2 aliphatic rings. The van der Waals surface area contributed by atoms with Gasteiger partial charge in [0.25, 0.3) is 0 Å². The van der Waals surface area contributed by atoms with Crippen LogP contribution in [0.5, 0.6) is 0 Å². The van der Waals surface area contributed by atoms with Crippen molar-refractivity contribution in [3.63, 3.8) is 0 Å². The predicted molar refractivity (Wildman–Crippen MR) is 90.6 cm³/mol. The molecule has 1 aromatic heterocycles. The van der Waals surface area contributed by atoms with Gasteiger partial charge in [-0.2, -0.15) is 10.2 Å². The molecule has 1 fully saturated rings. The third-order valence-electron chi connectivity index (χ3n) is 4.99. The fourth-order valence-corrected chi connectivity index (χ4v) is 3.79. The Kier molecular flexibility index (Phi) is 4.30. The lowest BCUT2D eigenvalue weighted by Gasteiger charge is -2.27. The number of carbonyl (C=O) groups excluding carboxylic acids is 1. The normalized spacial score (nSPS) is 22.3. The molecule has 0 N–H and O–H groups in total. The molecule has 1 saturated heterocycles. The minimum atomic E-state index is -0.652. The number of fused-ring (bicyclic) bond motifs is 1. The molecule has 26 heavy (non-hydrogen) atoms. The van der Waals surface area contributed by atoms with Crippen molar-refractivity contribution in [1.82, 2.24) is 15.1 Å². The van der Waals surface area contributed by atoms with Gasteiger partial charge < -0.3 is 9.64 Å². The van der Waals surface area contributed by atoms with Gasteiger partial charge in [0.15, 0.2) is 0 Å². The first kappa shape index (κ1) is 16.9. The maximum absolute atomic E-state index is 14.0. The van der Waals surface area contributed by atoms with E-state index >= 15 is 0 Å². The summed E-state index contributed by atoms with van der Waals surface area (Å²) in [6, 6.07) is 5.47. The molecule has 1 amide bonds. The van der Waals surface area contributed by atoms with E-state index in [0.29, 0.717) is 13.1 Å². The molecule has 0 saturated carbocycles. The molecule has 0 radical (unpaired) electrons. The van der Waals surface area contributed by atoms with Gasteiger partial charge in [0.05, 0.1) is 23.5 Å². The van der Waals surface area contributed by atoms with Crippen LogP contribution in [0.15, 0.2) is 24.3 Å². The van der Waals surface area contributed by atoms with E-state index in [4.69, 9.17) is 4.74 Å². The Hall–Kier alpha value is -2.57. The van der Waals surface area contributed by atoms with E-state index in [1.807, 2.05) is 6.92 Å². The highest BCUT2D eigenvalue weighted by atomic mass is 19.1. The van der Waals surface area contributed by atoms with Gasteiger partial charge in [-0.25, -0.2) is 13.6 Å². The summed E-state index contributed by atoms with van der Waals surface area (Å²) in [7, 11) is 0. The average molecular weight is 359 g/mol. The maximum atomic E-state index is 14.0. The van der Waals surface area contributed by atoms with Gasteiger partial charge in [0, 0.05) is 12.5 Å². The molecular weight excluding hydrogens is 340 g/mol. The molecule has 1 unspecified atom stereocenters. The Morgan fingerprint density at radius 1 is 1.27 bits per heavy atom. The summed E-state index contributed by atoms with van der Waals surface area (Å²) in [5, 5.41) is 8.36. The van der Waals surface area contributed by atoms with Crippen molar-refractivity contribution in [2.24, 2.45) is 0 Å². The van der Waals surface area contributed by atoms with Gasteiger partial charge >= 0.3 is 6.09 Å². The first-order chi connectivity index (χ1) is 12.5. The number of aryl methyl sites for hydroxylation is 1. The quantitative estimate of drug-likeness (QED) is 0.839. The number of benzene rings is 1. The fourth-order valence-electron chi connectivity index (χ4n) is 3.79. The minimum absolute atomic E-state index is 0.0589. The second-order valence-corrected chi connectivity index (χ2v) is 6.93. The lowest BCUT2D eigenvalue weighted by molar-refractivity contribution is 0.137. The van der Waals surface area contributed by atoms with Crippen LogP contribution in [-0.4, -0.2) is 40.4 Å². The molecule has 1 aliphatic carbocycles. The number of nitrogens with zero attached hydrogens (tertiary/aromatic N) is 3. The van der Waals surface area contributed by atoms with Crippen molar-refractivity contribution in [3.05, 3.63) is 47.2 Å². The number of hydrogen-bond donors (Lipinski definition) is 0. The molecule has 2 atom stereocenters. The third kappa shape index (κ3) is 3.02. The summed E-state index contributed by atoms with van der Waals surface area (Å²) < 4.78 is 33.2. The Balaban J connectivity index is 1.63. The molecule has 0 bridgehead atoms. The maximum Gasteiger partial charge on any atom is 0.410 e. The van der Waals surface area contributed by atoms with E-state index in [-0.39, 0.29) is 29.4 Å². The van der Waals surface area contributed by atoms with Crippen molar-refractivity contribution < 1.29 is 18.3 Å². The molecule has 2 aromatic rings. The summed E-state index contributed by atoms with van der Waals surface area (Å²) in [5.41, 5.74) is 1.80. The standard InChI is InChI=1S/C19H19F2N3O2/c1-11-9-24(19(25)26-11)10-13-5-2-4-12-8-16(22-23-18(12)13)17-14(20)6-3-7-15(17)21/h3,6-8,11,13H,2,4-5,9-10H2,1H3/t11-,13?/m0/s1. The average Bonchev–Trinajstić information content (AvgIpc) is 2.92. The SMILES string of the molecule is C[C@H]1CN(CC2CCCc3cc(-c4c(F)cccc4F)nnc32)C(=O)O1. The number of rotatable bonds is 3. The van der Waals surface area contributed by atoms with Crippen LogP contribution < -0.4 is 0 Å². The Morgan fingerprint density at radius 2 is 2.04 bits per heavy atom. The molecule has 136 valence electrons. The number of aromatic nitrogens is 2. The fraction of sp³-hybridized carbons (Fsp3) is 0.421. The number of hydrogen-bond acceptors (Lipinski definition) is 4. The van der Waals surface area contributed by atoms with E-state index in [9.17, 15) is 13.6 Å². The second kappa shape index (κ2) is 6.63. The highest BCUT2D eigenvalue weighted by Gasteiger charge is 2.33. The largest absolute Gasteiger partial charge is 0.445 e. The zero-order valence-electron chi connectivity index (χ0n) is 14.4. The highest BCUT2D eigenvalue weighted by Crippen LogP contribution is 2.34.